The number of ketones is 1. The lowest BCUT2D eigenvalue weighted by Gasteiger charge is -2.34. The van der Waals surface area contributed by atoms with Crippen LogP contribution in [0.25, 0.3) is 0 Å². The lowest BCUT2D eigenvalue weighted by atomic mass is 10.1. The number of piperazine rings is 1. The van der Waals surface area contributed by atoms with Crippen molar-refractivity contribution in [3.05, 3.63) is 29.8 Å². The summed E-state index contributed by atoms with van der Waals surface area (Å²) in [7, 11) is 0. The van der Waals surface area contributed by atoms with E-state index in [0.717, 1.165) is 0 Å². The number of hydrogen-bond acceptors (Lipinski definition) is 3. The number of nitrogens with one attached hydrogen (secondary N) is 1. The summed E-state index contributed by atoms with van der Waals surface area (Å²) in [5, 5.41) is 2.78. The Morgan fingerprint density at radius 1 is 1.00 bits per heavy atom. The van der Waals surface area contributed by atoms with Gasteiger partial charge in [0.05, 0.1) is 0 Å². The largest absolute Gasteiger partial charge is 0.339 e. The van der Waals surface area contributed by atoms with Crippen LogP contribution < -0.4 is 5.32 Å². The Balaban J connectivity index is 1.95. The molecule has 1 aliphatic heterocycles. The number of Topliss-reactive ketones (excluding diaryl/α,β-unsaturated/α-hetero) is 1. The molecule has 1 saturated heterocycles. The molecule has 1 heterocycles. The van der Waals surface area contributed by atoms with Crippen molar-refractivity contribution >= 4 is 23.4 Å². The van der Waals surface area contributed by atoms with Gasteiger partial charge in [-0.2, -0.15) is 0 Å². The lowest BCUT2D eigenvalue weighted by molar-refractivity contribution is -0.130. The van der Waals surface area contributed by atoms with E-state index >= 15 is 0 Å². The second kappa shape index (κ2) is 6.39. The molecule has 2 rings (SSSR count). The summed E-state index contributed by atoms with van der Waals surface area (Å²) in [6, 6.07) is 6.64. The van der Waals surface area contributed by atoms with Gasteiger partial charge in [-0.05, 0) is 19.1 Å². The van der Waals surface area contributed by atoms with Crippen molar-refractivity contribution in [3.8, 4) is 0 Å². The Labute approximate surface area is 123 Å². The number of urea groups is 1. The van der Waals surface area contributed by atoms with Gasteiger partial charge in [0, 0.05) is 44.4 Å². The molecule has 0 aromatic heterocycles. The molecule has 0 saturated carbocycles. The highest BCUT2D eigenvalue weighted by molar-refractivity contribution is 5.96. The Morgan fingerprint density at radius 3 is 2.19 bits per heavy atom. The zero-order valence-electron chi connectivity index (χ0n) is 12.3. The molecule has 0 bridgehead atoms. The van der Waals surface area contributed by atoms with Gasteiger partial charge < -0.3 is 15.1 Å². The van der Waals surface area contributed by atoms with E-state index in [0.29, 0.717) is 37.4 Å². The molecule has 1 aromatic carbocycles. The smallest absolute Gasteiger partial charge is 0.321 e. The molecule has 6 nitrogen and oxygen atoms in total. The minimum Gasteiger partial charge on any atom is -0.339 e. The summed E-state index contributed by atoms with van der Waals surface area (Å²) in [5.41, 5.74) is 1.16. The summed E-state index contributed by atoms with van der Waals surface area (Å²) in [4.78, 5) is 38.1. The van der Waals surface area contributed by atoms with E-state index in [4.69, 9.17) is 0 Å². The maximum absolute atomic E-state index is 12.2. The van der Waals surface area contributed by atoms with Crippen LogP contribution in [0.3, 0.4) is 0 Å². The van der Waals surface area contributed by atoms with Crippen LogP contribution in [-0.4, -0.2) is 53.7 Å². The van der Waals surface area contributed by atoms with Gasteiger partial charge in [0.25, 0.3) is 0 Å². The fourth-order valence-electron chi connectivity index (χ4n) is 2.24. The summed E-state index contributed by atoms with van der Waals surface area (Å²) in [6.07, 6.45) is 0. The third-order valence-electron chi connectivity index (χ3n) is 3.53. The van der Waals surface area contributed by atoms with Crippen molar-refractivity contribution in [1.82, 2.24) is 9.80 Å². The van der Waals surface area contributed by atoms with Crippen LogP contribution in [-0.2, 0) is 4.79 Å². The van der Waals surface area contributed by atoms with Crippen molar-refractivity contribution in [1.29, 1.82) is 0 Å². The first-order valence-electron chi connectivity index (χ1n) is 6.90. The summed E-state index contributed by atoms with van der Waals surface area (Å²) < 4.78 is 0. The normalized spacial score (nSPS) is 14.8. The molecule has 1 aliphatic rings. The van der Waals surface area contributed by atoms with Gasteiger partial charge in [0.15, 0.2) is 5.78 Å². The number of anilines is 1. The van der Waals surface area contributed by atoms with Crippen molar-refractivity contribution in [2.45, 2.75) is 13.8 Å². The Kier molecular flexibility index (Phi) is 4.57. The number of rotatable bonds is 2. The number of hydrogen-bond donors (Lipinski definition) is 1. The van der Waals surface area contributed by atoms with Gasteiger partial charge in [0.1, 0.15) is 0 Å². The maximum atomic E-state index is 12.2. The Bertz CT molecular complexity index is 563. The van der Waals surface area contributed by atoms with E-state index in [1.54, 1.807) is 34.1 Å². The minimum absolute atomic E-state index is 0.0317. The predicted octanol–water partition coefficient (Wildman–Crippen LogP) is 1.59. The van der Waals surface area contributed by atoms with Gasteiger partial charge in [-0.15, -0.1) is 0 Å². The van der Waals surface area contributed by atoms with Crippen LogP contribution >= 0.6 is 0 Å². The summed E-state index contributed by atoms with van der Waals surface area (Å²) in [5.74, 6) is -0.00890. The van der Waals surface area contributed by atoms with Crippen LogP contribution in [0.1, 0.15) is 24.2 Å². The van der Waals surface area contributed by atoms with Crippen LogP contribution in [0.5, 0.6) is 0 Å². The minimum atomic E-state index is -0.209. The first-order chi connectivity index (χ1) is 9.97. The molecule has 6 heteroatoms. The number of amides is 3. The highest BCUT2D eigenvalue weighted by Crippen LogP contribution is 2.13. The first kappa shape index (κ1) is 15.0. The molecular weight excluding hydrogens is 270 g/mol. The van der Waals surface area contributed by atoms with Gasteiger partial charge in [-0.25, -0.2) is 4.79 Å². The molecule has 0 atom stereocenters. The maximum Gasteiger partial charge on any atom is 0.321 e. The zero-order valence-corrected chi connectivity index (χ0v) is 12.3. The van der Waals surface area contributed by atoms with Gasteiger partial charge in [-0.1, -0.05) is 12.1 Å². The highest BCUT2D eigenvalue weighted by atomic mass is 16.2. The van der Waals surface area contributed by atoms with Crippen LogP contribution in [0.2, 0.25) is 0 Å². The highest BCUT2D eigenvalue weighted by Gasteiger charge is 2.22. The standard InChI is InChI=1S/C15H19N3O3/c1-11(19)13-4-3-5-14(10-13)16-15(21)18-8-6-17(7-9-18)12(2)20/h3-5,10H,6-9H2,1-2H3,(H,16,21). The average molecular weight is 289 g/mol. The molecule has 0 aliphatic carbocycles. The fraction of sp³-hybridized carbons (Fsp3) is 0.400. The Hall–Kier alpha value is -2.37. The molecule has 1 fully saturated rings. The number of carbonyl (C=O) groups is 3. The number of carbonyl (C=O) groups excluding carboxylic acids is 3. The second-order valence-corrected chi connectivity index (χ2v) is 5.06. The fourth-order valence-corrected chi connectivity index (χ4v) is 2.24. The average Bonchev–Trinajstić information content (AvgIpc) is 2.47. The molecule has 3 amide bonds. The number of nitrogens with zero attached hydrogens (tertiary/aromatic N) is 2. The van der Waals surface area contributed by atoms with Crippen molar-refractivity contribution in [2.75, 3.05) is 31.5 Å². The molecular formula is C15H19N3O3. The van der Waals surface area contributed by atoms with Crippen molar-refractivity contribution in [2.24, 2.45) is 0 Å². The molecule has 0 unspecified atom stereocenters. The van der Waals surface area contributed by atoms with E-state index in [-0.39, 0.29) is 17.7 Å². The van der Waals surface area contributed by atoms with E-state index in [2.05, 4.69) is 5.32 Å². The SMILES string of the molecule is CC(=O)c1cccc(NC(=O)N2CCN(C(C)=O)CC2)c1. The monoisotopic (exact) mass is 289 g/mol. The lowest BCUT2D eigenvalue weighted by Crippen LogP contribution is -2.51. The van der Waals surface area contributed by atoms with Gasteiger partial charge in [0.2, 0.25) is 5.91 Å². The van der Waals surface area contributed by atoms with E-state index < -0.39 is 0 Å². The molecule has 112 valence electrons. The van der Waals surface area contributed by atoms with Crippen LogP contribution in [0.15, 0.2) is 24.3 Å². The van der Waals surface area contributed by atoms with E-state index in [9.17, 15) is 14.4 Å². The quantitative estimate of drug-likeness (QED) is 0.840. The zero-order chi connectivity index (χ0) is 15.4. The predicted molar refractivity (Wildman–Crippen MR) is 79.3 cm³/mol. The molecule has 1 aromatic rings. The van der Waals surface area contributed by atoms with Gasteiger partial charge in [-0.3, -0.25) is 9.59 Å². The number of benzene rings is 1. The third-order valence-corrected chi connectivity index (χ3v) is 3.53. The van der Waals surface area contributed by atoms with Crippen molar-refractivity contribution in [3.63, 3.8) is 0 Å². The van der Waals surface area contributed by atoms with E-state index in [1.807, 2.05) is 0 Å². The Morgan fingerprint density at radius 2 is 1.62 bits per heavy atom. The summed E-state index contributed by atoms with van der Waals surface area (Å²) >= 11 is 0. The molecule has 21 heavy (non-hydrogen) atoms. The first-order valence-corrected chi connectivity index (χ1v) is 6.90. The third kappa shape index (κ3) is 3.81. The summed E-state index contributed by atoms with van der Waals surface area (Å²) in [6.45, 7) is 5.15. The molecule has 0 radical (unpaired) electrons. The molecule has 0 spiro atoms. The molecule has 1 N–H and O–H groups in total. The second-order valence-electron chi connectivity index (χ2n) is 5.06. The van der Waals surface area contributed by atoms with Crippen LogP contribution in [0, 0.1) is 0 Å². The van der Waals surface area contributed by atoms with Crippen LogP contribution in [0.4, 0.5) is 10.5 Å². The topological polar surface area (TPSA) is 69.7 Å². The van der Waals surface area contributed by atoms with Crippen molar-refractivity contribution < 1.29 is 14.4 Å². The van der Waals surface area contributed by atoms with E-state index in [1.165, 1.54) is 13.8 Å². The van der Waals surface area contributed by atoms with Gasteiger partial charge >= 0.3 is 6.03 Å².